The molecular weight excluding hydrogens is 300 g/mol. The van der Waals surface area contributed by atoms with Gasteiger partial charge in [0.2, 0.25) is 4.96 Å². The molecule has 7 nitrogen and oxygen atoms in total. The van der Waals surface area contributed by atoms with E-state index in [1.807, 2.05) is 19.1 Å². The lowest BCUT2D eigenvalue weighted by atomic mass is 10.1. The van der Waals surface area contributed by atoms with Crippen LogP contribution in [0.4, 0.5) is 0 Å². The van der Waals surface area contributed by atoms with E-state index in [4.69, 9.17) is 4.42 Å². The molecule has 0 aromatic carbocycles. The molecule has 0 spiro atoms. The van der Waals surface area contributed by atoms with Crippen molar-refractivity contribution in [3.8, 4) is 22.1 Å². The Morgan fingerprint density at radius 2 is 2.18 bits per heavy atom. The molecular formula is C14H14N6OS. The van der Waals surface area contributed by atoms with Crippen molar-refractivity contribution >= 4 is 16.3 Å². The number of H-pyrrole nitrogens is 1. The Kier molecular flexibility index (Phi) is 2.86. The molecule has 0 radical (unpaired) electrons. The number of aromatic amines is 1. The lowest BCUT2D eigenvalue weighted by molar-refractivity contribution is 0.535. The van der Waals surface area contributed by atoms with Gasteiger partial charge in [0, 0.05) is 5.69 Å². The van der Waals surface area contributed by atoms with Crippen molar-refractivity contribution in [2.75, 3.05) is 0 Å². The summed E-state index contributed by atoms with van der Waals surface area (Å²) in [4.78, 5) is 0.736. The van der Waals surface area contributed by atoms with Crippen LogP contribution < -0.4 is 0 Å². The molecule has 0 aliphatic carbocycles. The number of nitrogens with one attached hydrogen (secondary N) is 1. The van der Waals surface area contributed by atoms with Crippen molar-refractivity contribution in [3.05, 3.63) is 29.9 Å². The summed E-state index contributed by atoms with van der Waals surface area (Å²) in [5.41, 5.74) is 2.81. The van der Waals surface area contributed by atoms with Gasteiger partial charge in [0.25, 0.3) is 0 Å². The van der Waals surface area contributed by atoms with Gasteiger partial charge in [-0.15, -0.1) is 10.2 Å². The molecule has 0 bridgehead atoms. The minimum absolute atomic E-state index is 0.399. The molecule has 0 saturated carbocycles. The summed E-state index contributed by atoms with van der Waals surface area (Å²) < 4.78 is 7.07. The van der Waals surface area contributed by atoms with Crippen molar-refractivity contribution in [1.82, 2.24) is 30.0 Å². The third-order valence-electron chi connectivity index (χ3n) is 3.53. The molecule has 8 heteroatoms. The van der Waals surface area contributed by atoms with E-state index < -0.39 is 0 Å². The van der Waals surface area contributed by atoms with Crippen molar-refractivity contribution < 1.29 is 4.42 Å². The average Bonchev–Trinajstić information content (AvgIpc) is 3.20. The van der Waals surface area contributed by atoms with Gasteiger partial charge in [-0.2, -0.15) is 14.7 Å². The highest BCUT2D eigenvalue weighted by molar-refractivity contribution is 7.19. The summed E-state index contributed by atoms with van der Waals surface area (Å²) >= 11 is 1.46. The number of rotatable bonds is 3. The Morgan fingerprint density at radius 3 is 2.86 bits per heavy atom. The van der Waals surface area contributed by atoms with Crippen LogP contribution in [0.2, 0.25) is 0 Å². The van der Waals surface area contributed by atoms with Gasteiger partial charge in [-0.1, -0.05) is 25.2 Å². The molecule has 0 amide bonds. The van der Waals surface area contributed by atoms with Gasteiger partial charge in [-0.25, -0.2) is 0 Å². The molecule has 0 saturated heterocycles. The zero-order valence-corrected chi connectivity index (χ0v) is 13.2. The number of hydrogen-bond donors (Lipinski definition) is 1. The molecule has 4 aromatic heterocycles. The topological polar surface area (TPSA) is 84.9 Å². The van der Waals surface area contributed by atoms with E-state index in [1.54, 1.807) is 10.8 Å². The van der Waals surface area contributed by atoms with Crippen LogP contribution in [-0.2, 0) is 0 Å². The van der Waals surface area contributed by atoms with Crippen LogP contribution in [0.1, 0.15) is 31.2 Å². The monoisotopic (exact) mass is 314 g/mol. The maximum absolute atomic E-state index is 5.34. The van der Waals surface area contributed by atoms with Crippen LogP contribution in [0, 0.1) is 6.92 Å². The zero-order valence-electron chi connectivity index (χ0n) is 12.4. The SMILES string of the molecule is Cc1occc1-c1nnc2sc(-c3cc(C(C)C)[nH]n3)nn12. The highest BCUT2D eigenvalue weighted by Gasteiger charge is 2.18. The molecule has 0 atom stereocenters. The van der Waals surface area contributed by atoms with E-state index in [0.29, 0.717) is 11.7 Å². The van der Waals surface area contributed by atoms with E-state index in [2.05, 4.69) is 39.3 Å². The number of aryl methyl sites for hydroxylation is 1. The van der Waals surface area contributed by atoms with Gasteiger partial charge < -0.3 is 4.42 Å². The maximum atomic E-state index is 5.34. The van der Waals surface area contributed by atoms with E-state index in [1.165, 1.54) is 11.3 Å². The summed E-state index contributed by atoms with van der Waals surface area (Å²) in [6.45, 7) is 6.14. The van der Waals surface area contributed by atoms with E-state index >= 15 is 0 Å². The molecule has 112 valence electrons. The second kappa shape index (κ2) is 4.77. The van der Waals surface area contributed by atoms with Crippen molar-refractivity contribution in [2.24, 2.45) is 0 Å². The summed E-state index contributed by atoms with van der Waals surface area (Å²) in [5.74, 6) is 1.88. The van der Waals surface area contributed by atoms with Crippen LogP contribution >= 0.6 is 11.3 Å². The average molecular weight is 314 g/mol. The second-order valence-electron chi connectivity index (χ2n) is 5.38. The summed E-state index contributed by atoms with van der Waals surface area (Å²) in [6.07, 6.45) is 1.64. The Morgan fingerprint density at radius 1 is 1.32 bits per heavy atom. The zero-order chi connectivity index (χ0) is 15.3. The Hall–Kier alpha value is -2.48. The predicted molar refractivity (Wildman–Crippen MR) is 82.8 cm³/mol. The largest absolute Gasteiger partial charge is 0.469 e. The smallest absolute Gasteiger partial charge is 0.235 e. The molecule has 22 heavy (non-hydrogen) atoms. The molecule has 4 rings (SSSR count). The Bertz CT molecular complexity index is 944. The van der Waals surface area contributed by atoms with E-state index in [0.717, 1.165) is 32.7 Å². The third-order valence-corrected chi connectivity index (χ3v) is 4.45. The second-order valence-corrected chi connectivity index (χ2v) is 6.33. The highest BCUT2D eigenvalue weighted by atomic mass is 32.1. The van der Waals surface area contributed by atoms with Crippen LogP contribution in [0.3, 0.4) is 0 Å². The molecule has 0 fully saturated rings. The van der Waals surface area contributed by atoms with Crippen molar-refractivity contribution in [1.29, 1.82) is 0 Å². The first kappa shape index (κ1) is 13.2. The lowest BCUT2D eigenvalue weighted by Crippen LogP contribution is -1.91. The standard InChI is InChI=1S/C14H14N6OS/c1-7(2)10-6-11(16-15-10)13-19-20-12(17-18-14(20)22-13)9-4-5-21-8(9)3/h4-7H,1-3H3,(H,15,16). The summed E-state index contributed by atoms with van der Waals surface area (Å²) in [6, 6.07) is 3.90. The fourth-order valence-electron chi connectivity index (χ4n) is 2.25. The first-order valence-electron chi connectivity index (χ1n) is 6.96. The van der Waals surface area contributed by atoms with Gasteiger partial charge in [0.1, 0.15) is 11.5 Å². The fraction of sp³-hybridized carbons (Fsp3) is 0.286. The maximum Gasteiger partial charge on any atom is 0.235 e. The number of furan rings is 1. The van der Waals surface area contributed by atoms with Crippen LogP contribution in [0.5, 0.6) is 0 Å². The Labute approximate surface area is 130 Å². The summed E-state index contributed by atoms with van der Waals surface area (Å²) in [5, 5.41) is 21.2. The molecule has 0 aliphatic rings. The van der Waals surface area contributed by atoms with Gasteiger partial charge in [0.05, 0.1) is 11.8 Å². The fourth-order valence-corrected chi connectivity index (χ4v) is 3.05. The summed E-state index contributed by atoms with van der Waals surface area (Å²) in [7, 11) is 0. The quantitative estimate of drug-likeness (QED) is 0.627. The number of hydrogen-bond acceptors (Lipinski definition) is 6. The highest BCUT2D eigenvalue weighted by Crippen LogP contribution is 2.29. The minimum Gasteiger partial charge on any atom is -0.469 e. The minimum atomic E-state index is 0.399. The van der Waals surface area contributed by atoms with Gasteiger partial charge in [0.15, 0.2) is 10.8 Å². The lowest BCUT2D eigenvalue weighted by Gasteiger charge is -1.96. The number of aromatic nitrogens is 6. The van der Waals surface area contributed by atoms with Crippen molar-refractivity contribution in [2.45, 2.75) is 26.7 Å². The number of fused-ring (bicyclic) bond motifs is 1. The van der Waals surface area contributed by atoms with Gasteiger partial charge >= 0.3 is 0 Å². The molecule has 4 aromatic rings. The number of nitrogens with zero attached hydrogens (tertiary/aromatic N) is 5. The first-order valence-corrected chi connectivity index (χ1v) is 7.77. The van der Waals surface area contributed by atoms with E-state index in [-0.39, 0.29) is 0 Å². The molecule has 4 heterocycles. The third kappa shape index (κ3) is 1.95. The predicted octanol–water partition coefficient (Wildman–Crippen LogP) is 3.27. The Balaban J connectivity index is 1.81. The van der Waals surface area contributed by atoms with Gasteiger partial charge in [-0.3, -0.25) is 5.10 Å². The normalized spacial score (nSPS) is 11.8. The first-order chi connectivity index (χ1) is 10.6. The van der Waals surface area contributed by atoms with E-state index in [9.17, 15) is 0 Å². The van der Waals surface area contributed by atoms with Crippen LogP contribution in [-0.4, -0.2) is 30.0 Å². The van der Waals surface area contributed by atoms with Crippen LogP contribution in [0.25, 0.3) is 27.1 Å². The van der Waals surface area contributed by atoms with Crippen molar-refractivity contribution in [3.63, 3.8) is 0 Å². The molecule has 0 aliphatic heterocycles. The molecule has 0 unspecified atom stereocenters. The van der Waals surface area contributed by atoms with Crippen LogP contribution in [0.15, 0.2) is 22.8 Å². The van der Waals surface area contributed by atoms with Gasteiger partial charge in [-0.05, 0) is 25.0 Å². The molecule has 1 N–H and O–H groups in total.